The van der Waals surface area contributed by atoms with Gasteiger partial charge < -0.3 is 9.30 Å². The fraction of sp³-hybridized carbons (Fsp3) is 0.0500. The average molecular weight is 354 g/mol. The molecule has 0 atom stereocenters. The van der Waals surface area contributed by atoms with Gasteiger partial charge in [-0.25, -0.2) is 0 Å². The summed E-state index contributed by atoms with van der Waals surface area (Å²) in [7, 11) is 0. The molecule has 0 fully saturated rings. The highest BCUT2D eigenvalue weighted by molar-refractivity contribution is 5.80. The van der Waals surface area contributed by atoms with Crippen LogP contribution < -0.4 is 4.74 Å². The van der Waals surface area contributed by atoms with Crippen molar-refractivity contribution < 1.29 is 17.9 Å². The third-order valence-corrected chi connectivity index (χ3v) is 4.03. The third-order valence-electron chi connectivity index (χ3n) is 4.03. The molecule has 0 N–H and O–H groups in total. The molecule has 0 saturated heterocycles. The van der Waals surface area contributed by atoms with Crippen molar-refractivity contribution in [2.24, 2.45) is 0 Å². The molecule has 2 aromatic carbocycles. The summed E-state index contributed by atoms with van der Waals surface area (Å²) in [5.41, 5.74) is 1.23. The normalized spacial score (nSPS) is 11.7. The minimum atomic E-state index is -4.35. The first-order chi connectivity index (χ1) is 12.5. The number of fused-ring (bicyclic) bond motifs is 1. The zero-order valence-electron chi connectivity index (χ0n) is 13.4. The van der Waals surface area contributed by atoms with E-state index in [1.807, 2.05) is 35.0 Å². The van der Waals surface area contributed by atoms with Gasteiger partial charge in [0, 0.05) is 23.5 Å². The molecule has 0 unspecified atom stereocenters. The van der Waals surface area contributed by atoms with E-state index in [9.17, 15) is 13.2 Å². The maximum atomic E-state index is 12.6. The molecule has 0 amide bonds. The van der Waals surface area contributed by atoms with E-state index in [0.717, 1.165) is 28.7 Å². The molecule has 130 valence electrons. The van der Waals surface area contributed by atoms with Crippen LogP contribution in [0.25, 0.3) is 16.6 Å². The van der Waals surface area contributed by atoms with E-state index in [1.54, 1.807) is 24.5 Å². The number of alkyl halides is 3. The lowest BCUT2D eigenvalue weighted by Gasteiger charge is -2.10. The van der Waals surface area contributed by atoms with Crippen molar-refractivity contribution in [2.75, 3.05) is 0 Å². The second-order valence-corrected chi connectivity index (χ2v) is 5.74. The molecule has 3 nitrogen and oxygen atoms in total. The van der Waals surface area contributed by atoms with E-state index in [0.29, 0.717) is 11.5 Å². The summed E-state index contributed by atoms with van der Waals surface area (Å²) in [4.78, 5) is 4.14. The summed E-state index contributed by atoms with van der Waals surface area (Å²) in [6.45, 7) is 0. The third kappa shape index (κ3) is 3.13. The molecule has 0 aliphatic rings. The van der Waals surface area contributed by atoms with Crippen LogP contribution in [-0.2, 0) is 6.18 Å². The number of rotatable bonds is 3. The standard InChI is InChI=1S/C20H13F3N2O/c21-20(22,23)15-1-5-17(6-2-15)26-18-7-3-16(4-8-18)25-12-10-14-9-11-24-13-19(14)25/h1-13H. The molecule has 4 rings (SSSR count). The minimum Gasteiger partial charge on any atom is -0.457 e. The Morgan fingerprint density at radius 2 is 1.46 bits per heavy atom. The van der Waals surface area contributed by atoms with Crippen LogP contribution in [0.5, 0.6) is 11.5 Å². The Kier molecular flexibility index (Phi) is 3.88. The minimum absolute atomic E-state index is 0.348. The van der Waals surface area contributed by atoms with Gasteiger partial charge in [-0.05, 0) is 60.7 Å². The van der Waals surface area contributed by atoms with Gasteiger partial charge in [0.1, 0.15) is 11.5 Å². The summed E-state index contributed by atoms with van der Waals surface area (Å²) in [6.07, 6.45) is 1.14. The van der Waals surface area contributed by atoms with E-state index in [1.165, 1.54) is 12.1 Å². The highest BCUT2D eigenvalue weighted by Gasteiger charge is 2.30. The number of hydrogen-bond donors (Lipinski definition) is 0. The van der Waals surface area contributed by atoms with Crippen molar-refractivity contribution >= 4 is 10.9 Å². The smallest absolute Gasteiger partial charge is 0.416 e. The number of pyridine rings is 1. The first-order valence-electron chi connectivity index (χ1n) is 7.87. The second-order valence-electron chi connectivity index (χ2n) is 5.74. The van der Waals surface area contributed by atoms with E-state index in [4.69, 9.17) is 4.74 Å². The maximum absolute atomic E-state index is 12.6. The van der Waals surface area contributed by atoms with E-state index >= 15 is 0 Å². The van der Waals surface area contributed by atoms with Crippen LogP contribution in [-0.4, -0.2) is 9.55 Å². The van der Waals surface area contributed by atoms with Crippen molar-refractivity contribution in [1.29, 1.82) is 0 Å². The van der Waals surface area contributed by atoms with Crippen LogP contribution in [0.4, 0.5) is 13.2 Å². The van der Waals surface area contributed by atoms with Gasteiger partial charge in [0.05, 0.1) is 17.3 Å². The van der Waals surface area contributed by atoms with Gasteiger partial charge in [0.2, 0.25) is 0 Å². The Hall–Kier alpha value is -3.28. The molecule has 0 saturated carbocycles. The van der Waals surface area contributed by atoms with Crippen molar-refractivity contribution in [3.63, 3.8) is 0 Å². The summed E-state index contributed by atoms with van der Waals surface area (Å²) in [6, 6.07) is 15.9. The molecule has 0 spiro atoms. The number of hydrogen-bond acceptors (Lipinski definition) is 2. The lowest BCUT2D eigenvalue weighted by Crippen LogP contribution is -2.03. The first-order valence-corrected chi connectivity index (χ1v) is 7.87. The summed E-state index contributed by atoms with van der Waals surface area (Å²) < 4.78 is 45.4. The quantitative estimate of drug-likeness (QED) is 0.462. The van der Waals surface area contributed by atoms with Crippen LogP contribution in [0, 0.1) is 0 Å². The first kappa shape index (κ1) is 16.2. The summed E-state index contributed by atoms with van der Waals surface area (Å²) >= 11 is 0. The lowest BCUT2D eigenvalue weighted by atomic mass is 10.2. The van der Waals surface area contributed by atoms with Gasteiger partial charge in [0.15, 0.2) is 0 Å². The van der Waals surface area contributed by atoms with Gasteiger partial charge in [-0.1, -0.05) is 0 Å². The average Bonchev–Trinajstić information content (AvgIpc) is 3.06. The lowest BCUT2D eigenvalue weighted by molar-refractivity contribution is -0.137. The largest absolute Gasteiger partial charge is 0.457 e. The number of halogens is 3. The number of benzene rings is 2. The van der Waals surface area contributed by atoms with Crippen LogP contribution in [0.1, 0.15) is 5.56 Å². The highest BCUT2D eigenvalue weighted by Crippen LogP contribution is 2.31. The predicted molar refractivity (Wildman–Crippen MR) is 92.6 cm³/mol. The Labute approximate surface area is 147 Å². The molecular weight excluding hydrogens is 341 g/mol. The topological polar surface area (TPSA) is 27.1 Å². The molecule has 2 heterocycles. The monoisotopic (exact) mass is 354 g/mol. The van der Waals surface area contributed by atoms with Crippen LogP contribution in [0.3, 0.4) is 0 Å². The van der Waals surface area contributed by atoms with Crippen molar-refractivity contribution in [3.05, 3.63) is 84.8 Å². The second kappa shape index (κ2) is 6.22. The predicted octanol–water partition coefficient (Wildman–Crippen LogP) is 5.84. The maximum Gasteiger partial charge on any atom is 0.416 e. The Morgan fingerprint density at radius 3 is 2.12 bits per heavy atom. The molecule has 0 radical (unpaired) electrons. The van der Waals surface area contributed by atoms with Gasteiger partial charge >= 0.3 is 6.18 Å². The summed E-state index contributed by atoms with van der Waals surface area (Å²) in [5, 5.41) is 1.09. The Balaban J connectivity index is 1.55. The fourth-order valence-electron chi connectivity index (χ4n) is 2.72. The van der Waals surface area contributed by atoms with Crippen LogP contribution in [0.15, 0.2) is 79.3 Å². The SMILES string of the molecule is FC(F)(F)c1ccc(Oc2ccc(-n3ccc4ccncc43)cc2)cc1. The van der Waals surface area contributed by atoms with Gasteiger partial charge in [-0.15, -0.1) is 0 Å². The molecular formula is C20H13F3N2O. The van der Waals surface area contributed by atoms with Crippen molar-refractivity contribution in [3.8, 4) is 17.2 Å². The van der Waals surface area contributed by atoms with E-state index in [2.05, 4.69) is 4.98 Å². The molecule has 2 aromatic heterocycles. The van der Waals surface area contributed by atoms with Gasteiger partial charge in [-0.3, -0.25) is 4.98 Å². The molecule has 26 heavy (non-hydrogen) atoms. The van der Waals surface area contributed by atoms with E-state index < -0.39 is 11.7 Å². The van der Waals surface area contributed by atoms with Crippen molar-refractivity contribution in [1.82, 2.24) is 9.55 Å². The van der Waals surface area contributed by atoms with E-state index in [-0.39, 0.29) is 0 Å². The molecule has 0 bridgehead atoms. The molecule has 0 aliphatic heterocycles. The zero-order valence-corrected chi connectivity index (χ0v) is 13.4. The molecule has 0 aliphatic carbocycles. The fourth-order valence-corrected chi connectivity index (χ4v) is 2.72. The zero-order chi connectivity index (χ0) is 18.1. The van der Waals surface area contributed by atoms with Crippen molar-refractivity contribution in [2.45, 2.75) is 6.18 Å². The Bertz CT molecular complexity index is 1040. The van der Waals surface area contributed by atoms with Gasteiger partial charge in [-0.2, -0.15) is 13.2 Å². The van der Waals surface area contributed by atoms with Crippen LogP contribution in [0.2, 0.25) is 0 Å². The Morgan fingerprint density at radius 1 is 0.808 bits per heavy atom. The number of aromatic nitrogens is 2. The number of ether oxygens (including phenoxy) is 1. The van der Waals surface area contributed by atoms with Gasteiger partial charge in [0.25, 0.3) is 0 Å². The summed E-state index contributed by atoms with van der Waals surface area (Å²) in [5.74, 6) is 0.893. The number of nitrogens with zero attached hydrogens (tertiary/aromatic N) is 2. The van der Waals surface area contributed by atoms with Crippen LogP contribution >= 0.6 is 0 Å². The molecule has 4 aromatic rings. The molecule has 6 heteroatoms. The highest BCUT2D eigenvalue weighted by atomic mass is 19.4.